The number of aromatic nitrogens is 2. The summed E-state index contributed by atoms with van der Waals surface area (Å²) in [5, 5.41) is 0. The van der Waals surface area contributed by atoms with Gasteiger partial charge in [-0.05, 0) is 31.2 Å². The summed E-state index contributed by atoms with van der Waals surface area (Å²) in [6.07, 6.45) is 2.79. The molecule has 0 fully saturated rings. The van der Waals surface area contributed by atoms with Crippen molar-refractivity contribution in [3.05, 3.63) is 52.5 Å². The Labute approximate surface area is 135 Å². The van der Waals surface area contributed by atoms with Gasteiger partial charge in [0.2, 0.25) is 0 Å². The lowest BCUT2D eigenvalue weighted by atomic mass is 10.3. The maximum atomic E-state index is 11.7. The Balaban J connectivity index is 1.76. The first kappa shape index (κ1) is 15.9. The van der Waals surface area contributed by atoms with Crippen molar-refractivity contribution in [2.24, 2.45) is 0 Å². The molecule has 0 aliphatic heterocycles. The molecule has 2 amide bonds. The van der Waals surface area contributed by atoms with Crippen LogP contribution in [0.25, 0.3) is 0 Å². The standard InChI is InChI=1S/C14H13BrN4O3/c1-9-6-17-12(7-16-9)14(21)19-18-13(20)8-22-11-4-2-10(15)3-5-11/h2-7H,8H2,1H3,(H,18,20)(H,19,21). The number of rotatable bonds is 4. The van der Waals surface area contributed by atoms with E-state index < -0.39 is 11.8 Å². The number of carbonyl (C=O) groups excluding carboxylic acids is 2. The molecule has 1 aromatic heterocycles. The van der Waals surface area contributed by atoms with Crippen molar-refractivity contribution in [1.82, 2.24) is 20.8 Å². The number of hydrazine groups is 1. The van der Waals surface area contributed by atoms with Crippen LogP contribution < -0.4 is 15.6 Å². The molecule has 0 saturated heterocycles. The van der Waals surface area contributed by atoms with Crippen LogP contribution in [-0.2, 0) is 4.79 Å². The van der Waals surface area contributed by atoms with Crippen molar-refractivity contribution in [1.29, 1.82) is 0 Å². The molecule has 1 heterocycles. The van der Waals surface area contributed by atoms with E-state index in [4.69, 9.17) is 4.74 Å². The Morgan fingerprint density at radius 3 is 2.50 bits per heavy atom. The number of aryl methyl sites for hydroxylation is 1. The Hall–Kier alpha value is -2.48. The van der Waals surface area contributed by atoms with E-state index in [0.29, 0.717) is 11.4 Å². The fourth-order valence-corrected chi connectivity index (χ4v) is 1.68. The molecule has 2 N–H and O–H groups in total. The van der Waals surface area contributed by atoms with Crippen LogP contribution in [0.3, 0.4) is 0 Å². The predicted molar refractivity (Wildman–Crippen MR) is 82.0 cm³/mol. The zero-order chi connectivity index (χ0) is 15.9. The number of halogens is 1. The second-order valence-corrected chi connectivity index (χ2v) is 5.20. The Bertz CT molecular complexity index is 659. The summed E-state index contributed by atoms with van der Waals surface area (Å²) >= 11 is 3.30. The van der Waals surface area contributed by atoms with E-state index >= 15 is 0 Å². The fraction of sp³-hybridized carbons (Fsp3) is 0.143. The average Bonchev–Trinajstić information content (AvgIpc) is 2.52. The van der Waals surface area contributed by atoms with Gasteiger partial charge in [0, 0.05) is 10.7 Å². The molecule has 0 saturated carbocycles. The molecule has 22 heavy (non-hydrogen) atoms. The molecular formula is C14H13BrN4O3. The minimum atomic E-state index is -0.551. The first-order valence-corrected chi connectivity index (χ1v) is 7.10. The molecule has 0 radical (unpaired) electrons. The topological polar surface area (TPSA) is 93.2 Å². The van der Waals surface area contributed by atoms with Crippen molar-refractivity contribution in [3.8, 4) is 5.75 Å². The lowest BCUT2D eigenvalue weighted by molar-refractivity contribution is -0.123. The number of amides is 2. The van der Waals surface area contributed by atoms with E-state index in [-0.39, 0.29) is 12.3 Å². The van der Waals surface area contributed by atoms with Gasteiger partial charge in [0.1, 0.15) is 11.4 Å². The number of nitrogens with zero attached hydrogens (tertiary/aromatic N) is 2. The zero-order valence-electron chi connectivity index (χ0n) is 11.7. The second-order valence-electron chi connectivity index (χ2n) is 4.29. The smallest absolute Gasteiger partial charge is 0.289 e. The van der Waals surface area contributed by atoms with Crippen molar-refractivity contribution in [3.63, 3.8) is 0 Å². The zero-order valence-corrected chi connectivity index (χ0v) is 13.3. The Morgan fingerprint density at radius 1 is 1.14 bits per heavy atom. The van der Waals surface area contributed by atoms with Crippen LogP contribution >= 0.6 is 15.9 Å². The van der Waals surface area contributed by atoms with E-state index in [1.54, 1.807) is 31.2 Å². The fourth-order valence-electron chi connectivity index (χ4n) is 1.42. The molecule has 0 bridgehead atoms. The van der Waals surface area contributed by atoms with Crippen LogP contribution in [0, 0.1) is 6.92 Å². The summed E-state index contributed by atoms with van der Waals surface area (Å²) in [6.45, 7) is 1.54. The lowest BCUT2D eigenvalue weighted by Gasteiger charge is -2.08. The summed E-state index contributed by atoms with van der Waals surface area (Å²) in [5.41, 5.74) is 5.28. The van der Waals surface area contributed by atoms with Crippen LogP contribution in [0.2, 0.25) is 0 Å². The highest BCUT2D eigenvalue weighted by atomic mass is 79.9. The molecule has 0 atom stereocenters. The Morgan fingerprint density at radius 2 is 1.86 bits per heavy atom. The van der Waals surface area contributed by atoms with Gasteiger partial charge in [0.15, 0.2) is 6.61 Å². The number of carbonyl (C=O) groups is 2. The summed E-state index contributed by atoms with van der Waals surface area (Å²) in [5.74, 6) is -0.491. The molecule has 0 aliphatic rings. The molecular weight excluding hydrogens is 352 g/mol. The van der Waals surface area contributed by atoms with Gasteiger partial charge in [0.05, 0.1) is 11.9 Å². The average molecular weight is 365 g/mol. The van der Waals surface area contributed by atoms with Gasteiger partial charge in [0.25, 0.3) is 11.8 Å². The summed E-state index contributed by atoms with van der Waals surface area (Å²) in [6, 6.07) is 7.03. The monoisotopic (exact) mass is 364 g/mol. The van der Waals surface area contributed by atoms with Crippen LogP contribution in [0.5, 0.6) is 5.75 Å². The molecule has 0 aliphatic carbocycles. The Kier molecular flexibility index (Phi) is 5.42. The highest BCUT2D eigenvalue weighted by Gasteiger charge is 2.09. The van der Waals surface area contributed by atoms with Gasteiger partial charge in [-0.3, -0.25) is 25.4 Å². The summed E-state index contributed by atoms with van der Waals surface area (Å²) in [4.78, 5) is 31.1. The van der Waals surface area contributed by atoms with Crippen molar-refractivity contribution in [2.75, 3.05) is 6.61 Å². The number of ether oxygens (including phenoxy) is 1. The van der Waals surface area contributed by atoms with Gasteiger partial charge < -0.3 is 4.74 Å². The van der Waals surface area contributed by atoms with Crippen molar-refractivity contribution in [2.45, 2.75) is 6.92 Å². The third-order valence-electron chi connectivity index (χ3n) is 2.51. The summed E-state index contributed by atoms with van der Waals surface area (Å²) < 4.78 is 6.18. The van der Waals surface area contributed by atoms with Gasteiger partial charge in [-0.15, -0.1) is 0 Å². The van der Waals surface area contributed by atoms with Crippen molar-refractivity contribution >= 4 is 27.7 Å². The van der Waals surface area contributed by atoms with Crippen LogP contribution in [0.15, 0.2) is 41.1 Å². The minimum absolute atomic E-state index is 0.111. The third kappa shape index (κ3) is 4.81. The highest BCUT2D eigenvalue weighted by Crippen LogP contribution is 2.15. The van der Waals surface area contributed by atoms with E-state index in [1.807, 2.05) is 0 Å². The summed E-state index contributed by atoms with van der Waals surface area (Å²) in [7, 11) is 0. The first-order chi connectivity index (χ1) is 10.5. The van der Waals surface area contributed by atoms with E-state index in [1.165, 1.54) is 12.4 Å². The maximum absolute atomic E-state index is 11.7. The number of hydrogen-bond donors (Lipinski definition) is 2. The number of hydrogen-bond acceptors (Lipinski definition) is 5. The highest BCUT2D eigenvalue weighted by molar-refractivity contribution is 9.10. The molecule has 2 aromatic rings. The van der Waals surface area contributed by atoms with Gasteiger partial charge in [-0.1, -0.05) is 15.9 Å². The van der Waals surface area contributed by atoms with Crippen LogP contribution in [0.1, 0.15) is 16.2 Å². The molecule has 0 spiro atoms. The maximum Gasteiger partial charge on any atom is 0.289 e. The quantitative estimate of drug-likeness (QED) is 0.799. The molecule has 8 heteroatoms. The second kappa shape index (κ2) is 7.51. The molecule has 2 rings (SSSR count). The molecule has 1 aromatic carbocycles. The number of nitrogens with one attached hydrogen (secondary N) is 2. The van der Waals surface area contributed by atoms with Gasteiger partial charge in [-0.25, -0.2) is 4.98 Å². The van der Waals surface area contributed by atoms with Crippen LogP contribution in [-0.4, -0.2) is 28.4 Å². The van der Waals surface area contributed by atoms with Gasteiger partial charge in [-0.2, -0.15) is 0 Å². The molecule has 7 nitrogen and oxygen atoms in total. The SMILES string of the molecule is Cc1cnc(C(=O)NNC(=O)COc2ccc(Br)cc2)cn1. The first-order valence-electron chi connectivity index (χ1n) is 6.31. The predicted octanol–water partition coefficient (Wildman–Crippen LogP) is 1.39. The number of benzene rings is 1. The van der Waals surface area contributed by atoms with Crippen molar-refractivity contribution < 1.29 is 14.3 Å². The third-order valence-corrected chi connectivity index (χ3v) is 3.04. The van der Waals surface area contributed by atoms with E-state index in [9.17, 15) is 9.59 Å². The lowest BCUT2D eigenvalue weighted by Crippen LogP contribution is -2.44. The van der Waals surface area contributed by atoms with Crippen LogP contribution in [0.4, 0.5) is 0 Å². The van der Waals surface area contributed by atoms with Gasteiger partial charge >= 0.3 is 0 Å². The molecule has 0 unspecified atom stereocenters. The minimum Gasteiger partial charge on any atom is -0.484 e. The van der Waals surface area contributed by atoms with E-state index in [0.717, 1.165) is 4.47 Å². The normalized spacial score (nSPS) is 9.91. The van der Waals surface area contributed by atoms with E-state index in [2.05, 4.69) is 36.7 Å². The molecule has 114 valence electrons. The largest absolute Gasteiger partial charge is 0.484 e.